The van der Waals surface area contributed by atoms with Crippen molar-refractivity contribution in [2.75, 3.05) is 7.05 Å². The third-order valence-corrected chi connectivity index (χ3v) is 1.78. The van der Waals surface area contributed by atoms with E-state index in [4.69, 9.17) is 0 Å². The zero-order valence-electron chi connectivity index (χ0n) is 8.78. The van der Waals surface area contributed by atoms with Crippen LogP contribution in [0.5, 0.6) is 0 Å². The van der Waals surface area contributed by atoms with Crippen LogP contribution in [0.3, 0.4) is 0 Å². The fourth-order valence-electron chi connectivity index (χ4n) is 1.21. The zero-order valence-corrected chi connectivity index (χ0v) is 8.78. The highest BCUT2D eigenvalue weighted by Crippen LogP contribution is 2.28. The molecule has 0 N–H and O–H groups in total. The van der Waals surface area contributed by atoms with Gasteiger partial charge in [-0.3, -0.25) is 4.99 Å². The van der Waals surface area contributed by atoms with Crippen molar-refractivity contribution in [1.29, 1.82) is 0 Å². The number of alkyl halides is 3. The molecular weight excluding hydrogens is 191 g/mol. The molecule has 0 rings (SSSR count). The Morgan fingerprint density at radius 1 is 1.29 bits per heavy atom. The van der Waals surface area contributed by atoms with Gasteiger partial charge in [-0.05, 0) is 12.8 Å². The normalized spacial score (nSPS) is 14.7. The summed E-state index contributed by atoms with van der Waals surface area (Å²) in [5.74, 6) is 0. The van der Waals surface area contributed by atoms with Gasteiger partial charge in [-0.2, -0.15) is 13.2 Å². The Labute approximate surface area is 82.7 Å². The molecule has 0 saturated carbocycles. The molecule has 82 valence electrons. The van der Waals surface area contributed by atoms with E-state index >= 15 is 0 Å². The first kappa shape index (κ1) is 13.2. The van der Waals surface area contributed by atoms with Crippen LogP contribution in [-0.2, 0) is 0 Å². The first-order chi connectivity index (χ1) is 6.47. The average Bonchev–Trinajstić information content (AvgIpc) is 2.09. The molecule has 0 bridgehead atoms. The van der Waals surface area contributed by atoms with Crippen LogP contribution in [0.15, 0.2) is 16.6 Å². The average molecular weight is 207 g/mol. The molecule has 0 aromatic carbocycles. The van der Waals surface area contributed by atoms with Gasteiger partial charge in [0.15, 0.2) is 0 Å². The van der Waals surface area contributed by atoms with Crippen molar-refractivity contribution in [3.8, 4) is 0 Å². The second-order valence-corrected chi connectivity index (χ2v) is 2.94. The third kappa shape index (κ3) is 3.94. The number of aliphatic imine (C=N–C) groups is 1. The minimum absolute atomic E-state index is 0.154. The van der Waals surface area contributed by atoms with Gasteiger partial charge >= 0.3 is 6.18 Å². The highest BCUT2D eigenvalue weighted by molar-refractivity contribution is 6.01. The van der Waals surface area contributed by atoms with Crippen LogP contribution in [0.1, 0.15) is 33.1 Å². The van der Waals surface area contributed by atoms with Crippen molar-refractivity contribution in [3.63, 3.8) is 0 Å². The SMILES string of the molecule is CC/C=C(\C(CCC)=NC)C(F)(F)F. The molecule has 0 heterocycles. The number of hydrogen-bond donors (Lipinski definition) is 0. The van der Waals surface area contributed by atoms with Gasteiger partial charge in [0, 0.05) is 12.8 Å². The predicted octanol–water partition coefficient (Wildman–Crippen LogP) is 3.76. The fraction of sp³-hybridized carbons (Fsp3) is 0.700. The summed E-state index contributed by atoms with van der Waals surface area (Å²) in [5.41, 5.74) is -0.425. The fourth-order valence-corrected chi connectivity index (χ4v) is 1.21. The van der Waals surface area contributed by atoms with Gasteiger partial charge in [0.2, 0.25) is 0 Å². The van der Waals surface area contributed by atoms with Gasteiger partial charge in [0.25, 0.3) is 0 Å². The third-order valence-electron chi connectivity index (χ3n) is 1.78. The molecular formula is C10H16F3N. The Morgan fingerprint density at radius 3 is 2.14 bits per heavy atom. The van der Waals surface area contributed by atoms with E-state index in [0.717, 1.165) is 0 Å². The lowest BCUT2D eigenvalue weighted by Crippen LogP contribution is -2.20. The topological polar surface area (TPSA) is 12.4 Å². The van der Waals surface area contributed by atoms with Gasteiger partial charge in [-0.15, -0.1) is 0 Å². The largest absolute Gasteiger partial charge is 0.417 e. The maximum Gasteiger partial charge on any atom is 0.417 e. The van der Waals surface area contributed by atoms with Crippen molar-refractivity contribution in [2.45, 2.75) is 39.3 Å². The van der Waals surface area contributed by atoms with Gasteiger partial charge in [-0.25, -0.2) is 0 Å². The van der Waals surface area contributed by atoms with E-state index in [0.29, 0.717) is 19.3 Å². The van der Waals surface area contributed by atoms with Crippen LogP contribution in [0.2, 0.25) is 0 Å². The van der Waals surface area contributed by atoms with Gasteiger partial charge in [0.1, 0.15) is 0 Å². The van der Waals surface area contributed by atoms with E-state index in [-0.39, 0.29) is 5.71 Å². The highest BCUT2D eigenvalue weighted by Gasteiger charge is 2.35. The maximum absolute atomic E-state index is 12.5. The molecule has 0 fully saturated rings. The van der Waals surface area contributed by atoms with E-state index in [1.165, 1.54) is 13.1 Å². The van der Waals surface area contributed by atoms with E-state index < -0.39 is 11.7 Å². The molecule has 0 aliphatic rings. The summed E-state index contributed by atoms with van der Waals surface area (Å²) in [5, 5.41) is 0. The molecule has 0 atom stereocenters. The number of hydrogen-bond acceptors (Lipinski definition) is 1. The Kier molecular flexibility index (Phi) is 5.50. The summed E-state index contributed by atoms with van der Waals surface area (Å²) in [6.45, 7) is 3.52. The Bertz CT molecular complexity index is 226. The van der Waals surface area contributed by atoms with Gasteiger partial charge in [-0.1, -0.05) is 26.3 Å². The zero-order chi connectivity index (χ0) is 11.2. The quantitative estimate of drug-likeness (QED) is 0.622. The molecule has 4 heteroatoms. The summed E-state index contributed by atoms with van der Waals surface area (Å²) < 4.78 is 37.6. The smallest absolute Gasteiger partial charge is 0.292 e. The van der Waals surface area contributed by atoms with Gasteiger partial charge < -0.3 is 0 Å². The Hall–Kier alpha value is -0.800. The van der Waals surface area contributed by atoms with Crippen molar-refractivity contribution in [2.24, 2.45) is 4.99 Å². The Morgan fingerprint density at radius 2 is 1.86 bits per heavy atom. The van der Waals surface area contributed by atoms with E-state index in [9.17, 15) is 13.2 Å². The molecule has 1 nitrogen and oxygen atoms in total. The van der Waals surface area contributed by atoms with Crippen molar-refractivity contribution < 1.29 is 13.2 Å². The molecule has 0 amide bonds. The molecule has 0 spiro atoms. The lowest BCUT2D eigenvalue weighted by Gasteiger charge is -2.13. The highest BCUT2D eigenvalue weighted by atomic mass is 19.4. The van der Waals surface area contributed by atoms with Crippen molar-refractivity contribution >= 4 is 5.71 Å². The molecule has 0 unspecified atom stereocenters. The lowest BCUT2D eigenvalue weighted by atomic mass is 10.0. The molecule has 0 saturated heterocycles. The summed E-state index contributed by atoms with van der Waals surface area (Å²) in [6.07, 6.45) is -1.67. The predicted molar refractivity (Wildman–Crippen MR) is 52.7 cm³/mol. The monoisotopic (exact) mass is 207 g/mol. The first-order valence-corrected chi connectivity index (χ1v) is 4.70. The summed E-state index contributed by atoms with van der Waals surface area (Å²) in [7, 11) is 1.40. The molecule has 0 aliphatic heterocycles. The maximum atomic E-state index is 12.5. The molecule has 0 aromatic rings. The van der Waals surface area contributed by atoms with Crippen molar-refractivity contribution in [1.82, 2.24) is 0 Å². The molecule has 0 aromatic heterocycles. The number of rotatable bonds is 4. The second kappa shape index (κ2) is 5.83. The van der Waals surface area contributed by atoms with E-state index in [2.05, 4.69) is 4.99 Å². The first-order valence-electron chi connectivity index (χ1n) is 4.70. The number of nitrogens with zero attached hydrogens (tertiary/aromatic N) is 1. The second-order valence-electron chi connectivity index (χ2n) is 2.94. The van der Waals surface area contributed by atoms with Crippen LogP contribution in [0, 0.1) is 0 Å². The molecule has 0 radical (unpaired) electrons. The lowest BCUT2D eigenvalue weighted by molar-refractivity contribution is -0.0864. The number of halogens is 3. The standard InChI is InChI=1S/C10H16F3N/c1-4-6-8(10(11,12)13)9(14-3)7-5-2/h6H,4-5,7H2,1-3H3/b8-6+,14-9?. The summed E-state index contributed by atoms with van der Waals surface area (Å²) in [4.78, 5) is 3.69. The van der Waals surface area contributed by atoms with Crippen LogP contribution in [0.4, 0.5) is 13.2 Å². The summed E-state index contributed by atoms with van der Waals surface area (Å²) in [6, 6.07) is 0. The van der Waals surface area contributed by atoms with E-state index in [1.807, 2.05) is 6.92 Å². The Balaban J connectivity index is 4.92. The summed E-state index contributed by atoms with van der Waals surface area (Å²) >= 11 is 0. The van der Waals surface area contributed by atoms with E-state index in [1.54, 1.807) is 6.92 Å². The van der Waals surface area contributed by atoms with Crippen LogP contribution >= 0.6 is 0 Å². The van der Waals surface area contributed by atoms with Crippen LogP contribution < -0.4 is 0 Å². The minimum atomic E-state index is -4.28. The van der Waals surface area contributed by atoms with Crippen molar-refractivity contribution in [3.05, 3.63) is 11.6 Å². The minimum Gasteiger partial charge on any atom is -0.292 e. The van der Waals surface area contributed by atoms with Gasteiger partial charge in [0.05, 0.1) is 5.57 Å². The van der Waals surface area contributed by atoms with Crippen LogP contribution in [0.25, 0.3) is 0 Å². The molecule has 0 aliphatic carbocycles. The molecule has 14 heavy (non-hydrogen) atoms. The number of allylic oxidation sites excluding steroid dienone is 2. The van der Waals surface area contributed by atoms with Crippen LogP contribution in [-0.4, -0.2) is 18.9 Å².